The van der Waals surface area contributed by atoms with Gasteiger partial charge < -0.3 is 16.0 Å². The molecule has 3 N–H and O–H groups in total. The van der Waals surface area contributed by atoms with E-state index in [0.717, 1.165) is 27.5 Å². The van der Waals surface area contributed by atoms with Crippen LogP contribution in [0.1, 0.15) is 51.3 Å². The number of aryl methyl sites for hydroxylation is 2. The third-order valence-corrected chi connectivity index (χ3v) is 5.88. The zero-order valence-electron chi connectivity index (χ0n) is 17.6. The van der Waals surface area contributed by atoms with Crippen LogP contribution in [-0.4, -0.2) is 16.9 Å². The molecule has 0 aliphatic heterocycles. The Bertz CT molecular complexity index is 1060. The number of hydrogen-bond acceptors (Lipinski definition) is 4. The van der Waals surface area contributed by atoms with Crippen molar-refractivity contribution in [3.05, 3.63) is 75.2 Å². The summed E-state index contributed by atoms with van der Waals surface area (Å²) < 4.78 is 0. The van der Waals surface area contributed by atoms with Crippen molar-refractivity contribution >= 4 is 34.6 Å². The van der Waals surface area contributed by atoms with Crippen molar-refractivity contribution in [2.75, 3.05) is 10.6 Å². The second kappa shape index (κ2) is 9.54. The van der Waals surface area contributed by atoms with Crippen LogP contribution in [0.2, 0.25) is 0 Å². The maximum Gasteiger partial charge on any atom is 0.323 e. The van der Waals surface area contributed by atoms with E-state index in [0.29, 0.717) is 23.0 Å². The van der Waals surface area contributed by atoms with E-state index in [2.05, 4.69) is 34.8 Å². The smallest absolute Gasteiger partial charge is 0.323 e. The van der Waals surface area contributed by atoms with E-state index >= 15 is 0 Å². The minimum atomic E-state index is -0.316. The standard InChI is InChI=1S/C23H26N4O2S/c1-14(2)22-25-16(4)20(30-22)21(28)24-13-17-8-6-10-19(12-17)27-23(29)26-18-9-5-7-15(3)11-18/h5-12,14H,13H2,1-4H3,(H,24,28)(H2,26,27,29). The Morgan fingerprint density at radius 3 is 2.30 bits per heavy atom. The maximum atomic E-state index is 12.5. The molecule has 0 saturated heterocycles. The molecule has 1 heterocycles. The summed E-state index contributed by atoms with van der Waals surface area (Å²) in [5.74, 6) is 0.163. The molecule has 7 heteroatoms. The van der Waals surface area contributed by atoms with Crippen molar-refractivity contribution in [1.29, 1.82) is 0 Å². The molecule has 30 heavy (non-hydrogen) atoms. The molecule has 0 fully saturated rings. The Morgan fingerprint density at radius 2 is 1.67 bits per heavy atom. The zero-order valence-corrected chi connectivity index (χ0v) is 18.4. The van der Waals surface area contributed by atoms with Gasteiger partial charge in [0, 0.05) is 23.8 Å². The summed E-state index contributed by atoms with van der Waals surface area (Å²) in [5.41, 5.74) is 4.11. The normalized spacial score (nSPS) is 10.7. The molecule has 3 rings (SSSR count). The molecule has 0 radical (unpaired) electrons. The average molecular weight is 423 g/mol. The van der Waals surface area contributed by atoms with Crippen molar-refractivity contribution in [3.63, 3.8) is 0 Å². The Hall–Kier alpha value is -3.19. The number of aromatic nitrogens is 1. The van der Waals surface area contributed by atoms with E-state index in [-0.39, 0.29) is 11.9 Å². The molecule has 3 amide bonds. The van der Waals surface area contributed by atoms with Gasteiger partial charge in [-0.05, 0) is 49.2 Å². The van der Waals surface area contributed by atoms with E-state index in [9.17, 15) is 9.59 Å². The molecule has 3 aromatic rings. The van der Waals surface area contributed by atoms with Crippen LogP contribution in [0.5, 0.6) is 0 Å². The molecule has 1 aromatic heterocycles. The molecule has 0 spiro atoms. The van der Waals surface area contributed by atoms with E-state index in [4.69, 9.17) is 0 Å². The molecule has 0 atom stereocenters. The molecule has 0 aliphatic carbocycles. The summed E-state index contributed by atoms with van der Waals surface area (Å²) in [6, 6.07) is 14.7. The molecule has 0 saturated carbocycles. The Kier molecular flexibility index (Phi) is 6.84. The van der Waals surface area contributed by atoms with Gasteiger partial charge in [-0.2, -0.15) is 0 Å². The highest BCUT2D eigenvalue weighted by molar-refractivity contribution is 7.13. The van der Waals surface area contributed by atoms with E-state index in [1.54, 1.807) is 0 Å². The highest BCUT2D eigenvalue weighted by atomic mass is 32.1. The quantitative estimate of drug-likeness (QED) is 0.493. The third-order valence-electron chi connectivity index (χ3n) is 4.43. The molecule has 0 bridgehead atoms. The number of carbonyl (C=O) groups excluding carboxylic acids is 2. The SMILES string of the molecule is Cc1cccc(NC(=O)Nc2cccc(CNC(=O)c3sc(C(C)C)nc3C)c2)c1. The third kappa shape index (κ3) is 5.67. The Morgan fingerprint density at radius 1 is 1.00 bits per heavy atom. The van der Waals surface area contributed by atoms with Gasteiger partial charge in [-0.25, -0.2) is 9.78 Å². The van der Waals surface area contributed by atoms with Gasteiger partial charge in [-0.15, -0.1) is 11.3 Å². The number of carbonyl (C=O) groups is 2. The van der Waals surface area contributed by atoms with Crippen LogP contribution in [-0.2, 0) is 6.54 Å². The number of amides is 3. The van der Waals surface area contributed by atoms with Gasteiger partial charge in [-0.3, -0.25) is 4.79 Å². The number of nitrogens with one attached hydrogen (secondary N) is 3. The lowest BCUT2D eigenvalue weighted by Crippen LogP contribution is -2.23. The summed E-state index contributed by atoms with van der Waals surface area (Å²) in [7, 11) is 0. The van der Waals surface area contributed by atoms with E-state index in [1.165, 1.54) is 11.3 Å². The van der Waals surface area contributed by atoms with Crippen LogP contribution >= 0.6 is 11.3 Å². The monoisotopic (exact) mass is 422 g/mol. The number of thiazole rings is 1. The first-order valence-electron chi connectivity index (χ1n) is 9.81. The lowest BCUT2D eigenvalue weighted by Gasteiger charge is -2.10. The van der Waals surface area contributed by atoms with Crippen molar-refractivity contribution in [1.82, 2.24) is 10.3 Å². The minimum absolute atomic E-state index is 0.132. The molecule has 2 aromatic carbocycles. The second-order valence-electron chi connectivity index (χ2n) is 7.45. The minimum Gasteiger partial charge on any atom is -0.347 e. The Balaban J connectivity index is 1.58. The van der Waals surface area contributed by atoms with Crippen LogP contribution in [0, 0.1) is 13.8 Å². The zero-order chi connectivity index (χ0) is 21.7. The Labute approximate surface area is 180 Å². The first-order valence-corrected chi connectivity index (χ1v) is 10.6. The topological polar surface area (TPSA) is 83.1 Å². The summed E-state index contributed by atoms with van der Waals surface area (Å²) in [5, 5.41) is 9.54. The average Bonchev–Trinajstić information content (AvgIpc) is 3.08. The van der Waals surface area contributed by atoms with Gasteiger partial charge in [0.1, 0.15) is 4.88 Å². The maximum absolute atomic E-state index is 12.5. The number of urea groups is 1. The van der Waals surface area contributed by atoms with Crippen molar-refractivity contribution in [2.45, 2.75) is 40.2 Å². The summed E-state index contributed by atoms with van der Waals surface area (Å²) in [6.45, 7) is 8.32. The van der Waals surface area contributed by atoms with Crippen molar-refractivity contribution in [3.8, 4) is 0 Å². The van der Waals surface area contributed by atoms with Crippen LogP contribution in [0.25, 0.3) is 0 Å². The highest BCUT2D eigenvalue weighted by Gasteiger charge is 2.16. The highest BCUT2D eigenvalue weighted by Crippen LogP contribution is 2.24. The van der Waals surface area contributed by atoms with Gasteiger partial charge in [0.05, 0.1) is 10.7 Å². The lowest BCUT2D eigenvalue weighted by molar-refractivity contribution is 0.0954. The van der Waals surface area contributed by atoms with Gasteiger partial charge in [0.15, 0.2) is 0 Å². The van der Waals surface area contributed by atoms with Crippen LogP contribution in [0.15, 0.2) is 48.5 Å². The van der Waals surface area contributed by atoms with Crippen LogP contribution < -0.4 is 16.0 Å². The molecular weight excluding hydrogens is 396 g/mol. The van der Waals surface area contributed by atoms with Gasteiger partial charge in [-0.1, -0.05) is 38.1 Å². The fraction of sp³-hybridized carbons (Fsp3) is 0.261. The van der Waals surface area contributed by atoms with Crippen LogP contribution in [0.4, 0.5) is 16.2 Å². The molecular formula is C23H26N4O2S. The predicted octanol–water partition coefficient (Wildman–Crippen LogP) is 5.46. The van der Waals surface area contributed by atoms with Crippen molar-refractivity contribution < 1.29 is 9.59 Å². The van der Waals surface area contributed by atoms with Gasteiger partial charge in [0.2, 0.25) is 0 Å². The summed E-state index contributed by atoms with van der Waals surface area (Å²) in [6.07, 6.45) is 0. The predicted molar refractivity (Wildman–Crippen MR) is 122 cm³/mol. The molecule has 156 valence electrons. The summed E-state index contributed by atoms with van der Waals surface area (Å²) in [4.78, 5) is 29.9. The van der Waals surface area contributed by atoms with Gasteiger partial charge >= 0.3 is 6.03 Å². The van der Waals surface area contributed by atoms with Gasteiger partial charge in [0.25, 0.3) is 5.91 Å². The van der Waals surface area contributed by atoms with Crippen LogP contribution in [0.3, 0.4) is 0 Å². The number of nitrogens with zero attached hydrogens (tertiary/aromatic N) is 1. The van der Waals surface area contributed by atoms with E-state index in [1.807, 2.05) is 62.4 Å². The number of rotatable bonds is 6. The van der Waals surface area contributed by atoms with E-state index < -0.39 is 0 Å². The molecule has 6 nitrogen and oxygen atoms in total. The fourth-order valence-corrected chi connectivity index (χ4v) is 3.90. The number of anilines is 2. The molecule has 0 unspecified atom stereocenters. The number of hydrogen-bond donors (Lipinski definition) is 3. The first kappa shape index (κ1) is 21.5. The fourth-order valence-electron chi connectivity index (χ4n) is 2.91. The second-order valence-corrected chi connectivity index (χ2v) is 8.48. The largest absolute Gasteiger partial charge is 0.347 e. The summed E-state index contributed by atoms with van der Waals surface area (Å²) >= 11 is 1.44. The number of benzene rings is 2. The first-order chi connectivity index (χ1) is 14.3. The van der Waals surface area contributed by atoms with Crippen molar-refractivity contribution in [2.24, 2.45) is 0 Å². The molecule has 0 aliphatic rings. The lowest BCUT2D eigenvalue weighted by atomic mass is 10.2.